The molecule has 0 atom stereocenters. The predicted octanol–water partition coefficient (Wildman–Crippen LogP) is 6.41. The molecule has 0 saturated carbocycles. The van der Waals surface area contributed by atoms with Gasteiger partial charge in [-0.25, -0.2) is 4.57 Å². The molecule has 14 nitrogen and oxygen atoms in total. The minimum atomic E-state index is -0.537. The normalized spacial score (nSPS) is 12.7. The molecule has 2 aliphatic carbocycles. The van der Waals surface area contributed by atoms with Gasteiger partial charge in [0, 0.05) is 40.7 Å². The van der Waals surface area contributed by atoms with Crippen LogP contribution in [0.5, 0.6) is 23.0 Å². The number of ether oxygens (including phenoxy) is 2. The van der Waals surface area contributed by atoms with Crippen LogP contribution in [-0.2, 0) is 7.05 Å². The van der Waals surface area contributed by atoms with Crippen molar-refractivity contribution in [3.63, 3.8) is 0 Å². The number of anilines is 2. The van der Waals surface area contributed by atoms with Crippen LogP contribution >= 0.6 is 0 Å². The average molecular weight is 827 g/mol. The quantitative estimate of drug-likeness (QED) is 0.142. The van der Waals surface area contributed by atoms with Crippen molar-refractivity contribution in [3.05, 3.63) is 191 Å². The van der Waals surface area contributed by atoms with Crippen molar-refractivity contribution in [1.82, 2.24) is 9.13 Å². The molecule has 306 valence electrons. The summed E-state index contributed by atoms with van der Waals surface area (Å²) < 4.78 is 13.4. The van der Waals surface area contributed by atoms with Gasteiger partial charge in [-0.2, -0.15) is 0 Å². The Hall–Kier alpha value is -8.52. The maximum Gasteiger partial charge on any atom is 0.266 e. The fraction of sp³-hybridized carbons (Fsp3) is 0.0833. The van der Waals surface area contributed by atoms with E-state index in [2.05, 4.69) is 0 Å². The lowest BCUT2D eigenvalue weighted by Crippen LogP contribution is -2.23. The number of hydrogen-bond donors (Lipinski definition) is 2. The Kier molecular flexibility index (Phi) is 10.3. The van der Waals surface area contributed by atoms with E-state index < -0.39 is 22.2 Å². The van der Waals surface area contributed by atoms with Crippen molar-refractivity contribution in [2.24, 2.45) is 7.05 Å². The van der Waals surface area contributed by atoms with Gasteiger partial charge in [-0.05, 0) is 116 Å². The number of benzene rings is 6. The lowest BCUT2D eigenvalue weighted by Gasteiger charge is -2.07. The van der Waals surface area contributed by atoms with E-state index in [1.165, 1.54) is 31.3 Å². The zero-order chi connectivity index (χ0) is 44.0. The second-order valence-electron chi connectivity index (χ2n) is 14.7. The maximum atomic E-state index is 12.9. The summed E-state index contributed by atoms with van der Waals surface area (Å²) in [6.45, 7) is 1.99. The lowest BCUT2D eigenvalue weighted by atomic mass is 10.0. The highest BCUT2D eigenvalue weighted by atomic mass is 16.5. The first-order chi connectivity index (χ1) is 29.7. The second-order valence-corrected chi connectivity index (χ2v) is 14.7. The van der Waals surface area contributed by atoms with Gasteiger partial charge in [0.05, 0.1) is 40.1 Å². The Morgan fingerprint density at radius 1 is 0.419 bits per heavy atom. The van der Waals surface area contributed by atoms with E-state index in [0.717, 1.165) is 37.6 Å². The monoisotopic (exact) mass is 826 g/mol. The first kappa shape index (κ1) is 40.3. The zero-order valence-corrected chi connectivity index (χ0v) is 33.1. The number of aryl methyl sites for hydroxylation is 1. The molecule has 0 bridgehead atoms. The number of carbonyl (C=O) groups excluding carboxylic acids is 4. The van der Waals surface area contributed by atoms with Crippen molar-refractivity contribution in [3.8, 4) is 28.7 Å². The van der Waals surface area contributed by atoms with E-state index >= 15 is 0 Å². The van der Waals surface area contributed by atoms with E-state index in [0.29, 0.717) is 17.2 Å². The molecule has 14 heteroatoms. The van der Waals surface area contributed by atoms with Crippen LogP contribution in [0.15, 0.2) is 141 Å². The predicted molar refractivity (Wildman–Crippen MR) is 233 cm³/mol. The van der Waals surface area contributed by atoms with E-state index in [9.17, 15) is 38.4 Å². The number of fused-ring (bicyclic) bond motifs is 4. The molecule has 0 fully saturated rings. The molecule has 2 aromatic heterocycles. The molecule has 0 radical (unpaired) electrons. The van der Waals surface area contributed by atoms with Crippen LogP contribution in [0.1, 0.15) is 59.8 Å². The van der Waals surface area contributed by atoms with Crippen LogP contribution in [0, 0.1) is 6.92 Å². The maximum absolute atomic E-state index is 12.9. The molecule has 8 aromatic rings. The van der Waals surface area contributed by atoms with Crippen LogP contribution in [0.4, 0.5) is 11.4 Å². The minimum Gasteiger partial charge on any atom is -0.457 e. The number of hydrogen-bond acceptors (Lipinski definition) is 12. The highest BCUT2D eigenvalue weighted by Gasteiger charge is 2.34. The Balaban J connectivity index is 0.000000143. The summed E-state index contributed by atoms with van der Waals surface area (Å²) in [5, 5.41) is 0.493. The minimum absolute atomic E-state index is 0.111. The van der Waals surface area contributed by atoms with Crippen LogP contribution in [0.2, 0.25) is 0 Å². The summed E-state index contributed by atoms with van der Waals surface area (Å²) in [6.07, 6.45) is -0.304. The first-order valence-corrected chi connectivity index (χ1v) is 19.1. The summed E-state index contributed by atoms with van der Waals surface area (Å²) in [5.41, 5.74) is 13.2. The average Bonchev–Trinajstić information content (AvgIpc) is 3.88. The Morgan fingerprint density at radius 2 is 0.726 bits per heavy atom. The fourth-order valence-corrected chi connectivity index (χ4v) is 7.14. The number of carbonyl (C=O) groups is 4. The van der Waals surface area contributed by atoms with Crippen LogP contribution in [0.25, 0.3) is 27.2 Å². The van der Waals surface area contributed by atoms with Crippen molar-refractivity contribution in [1.29, 1.82) is 0 Å². The number of rotatable bonds is 5. The zero-order valence-electron chi connectivity index (χ0n) is 33.1. The Morgan fingerprint density at radius 3 is 1.08 bits per heavy atom. The highest BCUT2D eigenvalue weighted by Crippen LogP contribution is 2.31. The number of ketones is 4. The molecule has 0 aliphatic heterocycles. The van der Waals surface area contributed by atoms with Crippen molar-refractivity contribution in [2.75, 3.05) is 11.5 Å². The van der Waals surface area contributed by atoms with E-state index in [-0.39, 0.29) is 79.8 Å². The molecular weight excluding hydrogens is 793 g/mol. The molecule has 0 spiro atoms. The Bertz CT molecular complexity index is 3130. The second kappa shape index (κ2) is 15.9. The van der Waals surface area contributed by atoms with E-state index in [1.807, 2.05) is 55.5 Å². The van der Waals surface area contributed by atoms with Crippen LogP contribution in [0.3, 0.4) is 0 Å². The van der Waals surface area contributed by atoms with Crippen molar-refractivity contribution in [2.45, 2.75) is 19.8 Å². The van der Waals surface area contributed by atoms with Gasteiger partial charge in [0.2, 0.25) is 0 Å². The summed E-state index contributed by atoms with van der Waals surface area (Å²) in [7, 11) is 1.37. The standard InChI is InChI=1S/C24H16N2O5.C12H12N2O.C12H6O4/c1-13-3-7-15(8-4-13)31-16-9-5-14(6-10-16)26-23(29)19-11-17-18(12-20(19)24(26)30)22(28)25(2)21(17)27;13-9-1-5-11(6-2-9)15-12-7-3-10(14)4-8-12;13-9-3-11(15)7-2-8-6(1-5(7)9)10(14)4-12(8)16/h3-12H,1-2H3;1-8H,13-14H2;1-2H,3-4H2. The first-order valence-electron chi connectivity index (χ1n) is 19.1. The molecule has 0 saturated heterocycles. The van der Waals surface area contributed by atoms with Gasteiger partial charge < -0.3 is 20.9 Å². The number of Topliss-reactive ketones (excluding diaryl/α,β-unsaturated/α-hetero) is 4. The summed E-state index contributed by atoms with van der Waals surface area (Å²) in [5.74, 6) is 1.67. The SMILES string of the molecule is Cc1ccc(Oc2ccc(-n3c(=O)c4cc5c(=O)n(C)c(=O)c5cc4c3=O)cc2)cc1.Nc1ccc(Oc2ccc(N)cc2)cc1.O=C1CC(=O)c2cc3c(cc21)C(=O)CC3=O. The van der Waals surface area contributed by atoms with E-state index in [4.69, 9.17) is 20.9 Å². The molecule has 10 rings (SSSR count). The molecule has 0 unspecified atom stereocenters. The van der Waals surface area contributed by atoms with Gasteiger partial charge in [-0.3, -0.25) is 42.9 Å². The van der Waals surface area contributed by atoms with Gasteiger partial charge >= 0.3 is 0 Å². The molecular formula is C48H34N4O10. The largest absolute Gasteiger partial charge is 0.457 e. The van der Waals surface area contributed by atoms with Gasteiger partial charge in [0.25, 0.3) is 22.2 Å². The van der Waals surface area contributed by atoms with Crippen LogP contribution in [-0.4, -0.2) is 32.3 Å². The van der Waals surface area contributed by atoms with Crippen molar-refractivity contribution >= 4 is 56.1 Å². The smallest absolute Gasteiger partial charge is 0.266 e. The summed E-state index contributed by atoms with van der Waals surface area (Å²) in [6, 6.07) is 34.1. The third kappa shape index (κ3) is 7.59. The van der Waals surface area contributed by atoms with E-state index in [1.54, 1.807) is 48.5 Å². The Labute approximate surface area is 350 Å². The lowest BCUT2D eigenvalue weighted by molar-refractivity contribution is 0.0910. The fourth-order valence-electron chi connectivity index (χ4n) is 7.14. The topological polar surface area (TPSA) is 217 Å². The van der Waals surface area contributed by atoms with Crippen molar-refractivity contribution < 1.29 is 28.7 Å². The molecule has 6 aromatic carbocycles. The van der Waals surface area contributed by atoms with Gasteiger partial charge in [-0.1, -0.05) is 17.7 Å². The number of nitrogens with zero attached hydrogens (tertiary/aromatic N) is 2. The van der Waals surface area contributed by atoms with Crippen LogP contribution < -0.4 is 43.2 Å². The summed E-state index contributed by atoms with van der Waals surface area (Å²) in [4.78, 5) is 96.2. The van der Waals surface area contributed by atoms with Gasteiger partial charge in [-0.15, -0.1) is 0 Å². The highest BCUT2D eigenvalue weighted by molar-refractivity contribution is 6.29. The summed E-state index contributed by atoms with van der Waals surface area (Å²) >= 11 is 0. The van der Waals surface area contributed by atoms with Gasteiger partial charge in [0.1, 0.15) is 23.0 Å². The number of nitrogen functional groups attached to an aromatic ring is 2. The molecule has 2 heterocycles. The molecule has 2 aliphatic rings. The number of aromatic nitrogens is 2. The number of nitrogens with two attached hydrogens (primary N) is 2. The third-order valence-corrected chi connectivity index (χ3v) is 10.4. The molecule has 0 amide bonds. The molecule has 4 N–H and O–H groups in total. The molecule has 62 heavy (non-hydrogen) atoms. The third-order valence-electron chi connectivity index (χ3n) is 10.4. The van der Waals surface area contributed by atoms with Gasteiger partial charge in [0.15, 0.2) is 23.1 Å².